The molecule has 0 atom stereocenters. The van der Waals surface area contributed by atoms with Crippen molar-refractivity contribution in [3.05, 3.63) is 35.2 Å². The molecule has 1 aromatic heterocycles. The van der Waals surface area contributed by atoms with Gasteiger partial charge in [0.1, 0.15) is 0 Å². The molecule has 0 aliphatic rings. The van der Waals surface area contributed by atoms with Crippen LogP contribution in [-0.4, -0.2) is 39.0 Å². The van der Waals surface area contributed by atoms with E-state index in [1.54, 1.807) is 21.3 Å². The summed E-state index contributed by atoms with van der Waals surface area (Å²) in [7, 11) is 4.77. The third kappa shape index (κ3) is 5.55. The third-order valence-electron chi connectivity index (χ3n) is 4.09. The van der Waals surface area contributed by atoms with Crippen molar-refractivity contribution < 1.29 is 18.7 Å². The molecule has 1 aromatic carbocycles. The van der Waals surface area contributed by atoms with E-state index in [1.165, 1.54) is 0 Å². The number of nitrogens with zero attached hydrogens (tertiary/aromatic N) is 2. The molecule has 2 aromatic rings. The lowest BCUT2D eigenvalue weighted by atomic mass is 10.1. The zero-order valence-electron chi connectivity index (χ0n) is 17.5. The Kier molecular flexibility index (Phi) is 7.98. The fourth-order valence-electron chi connectivity index (χ4n) is 2.59. The molecule has 8 nitrogen and oxygen atoms in total. The summed E-state index contributed by atoms with van der Waals surface area (Å²) in [5.41, 5.74) is 1.88. The van der Waals surface area contributed by atoms with Crippen LogP contribution in [0.3, 0.4) is 0 Å². The van der Waals surface area contributed by atoms with Gasteiger partial charge >= 0.3 is 0 Å². The number of hydrogen-bond acceptors (Lipinski definition) is 6. The Hall–Kier alpha value is -2.90. The molecule has 1 heterocycles. The molecule has 0 unspecified atom stereocenters. The van der Waals surface area contributed by atoms with Crippen molar-refractivity contribution in [2.75, 3.05) is 27.9 Å². The van der Waals surface area contributed by atoms with Crippen molar-refractivity contribution in [2.24, 2.45) is 4.99 Å². The van der Waals surface area contributed by atoms with Gasteiger partial charge in [0.05, 0.1) is 40.1 Å². The maximum absolute atomic E-state index is 5.40. The number of guanidine groups is 1. The Morgan fingerprint density at radius 1 is 1.07 bits per heavy atom. The largest absolute Gasteiger partial charge is 0.493 e. The van der Waals surface area contributed by atoms with E-state index in [4.69, 9.17) is 18.7 Å². The van der Waals surface area contributed by atoms with E-state index in [0.717, 1.165) is 23.6 Å². The summed E-state index contributed by atoms with van der Waals surface area (Å²) in [6.45, 7) is 7.87. The van der Waals surface area contributed by atoms with Gasteiger partial charge in [-0.25, -0.2) is 4.99 Å². The van der Waals surface area contributed by atoms with Gasteiger partial charge in [-0.3, -0.25) is 0 Å². The predicted octanol–water partition coefficient (Wildman–Crippen LogP) is 3.08. The molecule has 0 radical (unpaired) electrons. The molecule has 28 heavy (non-hydrogen) atoms. The van der Waals surface area contributed by atoms with Gasteiger partial charge in [0.2, 0.25) is 5.75 Å². The predicted molar refractivity (Wildman–Crippen MR) is 108 cm³/mol. The van der Waals surface area contributed by atoms with Crippen LogP contribution in [0.15, 0.2) is 27.7 Å². The van der Waals surface area contributed by atoms with Crippen LogP contribution in [0, 0.1) is 0 Å². The fourth-order valence-corrected chi connectivity index (χ4v) is 2.59. The smallest absolute Gasteiger partial charge is 0.203 e. The first-order valence-corrected chi connectivity index (χ1v) is 9.28. The summed E-state index contributed by atoms with van der Waals surface area (Å²) < 4.78 is 21.5. The topological polar surface area (TPSA) is 90.1 Å². The van der Waals surface area contributed by atoms with Crippen LogP contribution in [0.2, 0.25) is 0 Å². The summed E-state index contributed by atoms with van der Waals surface area (Å²) >= 11 is 0. The minimum Gasteiger partial charge on any atom is -0.493 e. The van der Waals surface area contributed by atoms with Crippen molar-refractivity contribution in [2.45, 2.75) is 39.8 Å². The van der Waals surface area contributed by atoms with Gasteiger partial charge in [0.15, 0.2) is 23.2 Å². The van der Waals surface area contributed by atoms with E-state index in [0.29, 0.717) is 42.2 Å². The Balaban J connectivity index is 2.11. The van der Waals surface area contributed by atoms with E-state index in [9.17, 15) is 0 Å². The second kappa shape index (κ2) is 10.4. The van der Waals surface area contributed by atoms with Crippen LogP contribution in [0.25, 0.3) is 0 Å². The van der Waals surface area contributed by atoms with E-state index >= 15 is 0 Å². The molecule has 0 fully saturated rings. The lowest BCUT2D eigenvalue weighted by Gasteiger charge is -2.14. The van der Waals surface area contributed by atoms with Gasteiger partial charge in [-0.2, -0.15) is 0 Å². The van der Waals surface area contributed by atoms with Crippen LogP contribution in [0.4, 0.5) is 0 Å². The second-order valence-electron chi connectivity index (χ2n) is 6.46. The molecule has 0 saturated carbocycles. The van der Waals surface area contributed by atoms with E-state index in [1.807, 2.05) is 25.1 Å². The summed E-state index contributed by atoms with van der Waals surface area (Å²) in [5.74, 6) is 3.55. The van der Waals surface area contributed by atoms with Crippen LogP contribution in [-0.2, 0) is 13.1 Å². The first-order chi connectivity index (χ1) is 13.5. The highest BCUT2D eigenvalue weighted by Crippen LogP contribution is 2.38. The number of nitrogens with one attached hydrogen (secondary N) is 2. The lowest BCUT2D eigenvalue weighted by molar-refractivity contribution is 0.324. The number of aliphatic imine (C=N–C) groups is 1. The highest BCUT2D eigenvalue weighted by atomic mass is 16.5. The molecule has 8 heteroatoms. The molecule has 0 aliphatic carbocycles. The number of ether oxygens (including phenoxy) is 3. The van der Waals surface area contributed by atoms with Gasteiger partial charge in [-0.15, -0.1) is 0 Å². The standard InChI is InChI=1S/C20H30N4O4/c1-7-21-20(23-12-15-10-16(13(2)3)24-28-15)22-11-14-8-17(25-4)19(27-6)18(9-14)26-5/h8-10,13H,7,11-12H2,1-6H3,(H2,21,22,23). The monoisotopic (exact) mass is 390 g/mol. The third-order valence-corrected chi connectivity index (χ3v) is 4.09. The van der Waals surface area contributed by atoms with Gasteiger partial charge < -0.3 is 29.4 Å². The average Bonchev–Trinajstić information content (AvgIpc) is 3.18. The molecular formula is C20H30N4O4. The highest BCUT2D eigenvalue weighted by molar-refractivity contribution is 5.79. The fraction of sp³-hybridized carbons (Fsp3) is 0.500. The maximum atomic E-state index is 5.40. The molecule has 0 spiro atoms. The molecular weight excluding hydrogens is 360 g/mol. The summed E-state index contributed by atoms with van der Waals surface area (Å²) in [6, 6.07) is 5.74. The van der Waals surface area contributed by atoms with Crippen molar-refractivity contribution in [1.82, 2.24) is 15.8 Å². The van der Waals surface area contributed by atoms with E-state index in [-0.39, 0.29) is 0 Å². The normalized spacial score (nSPS) is 11.5. The Bertz CT molecular complexity index is 761. The number of aromatic nitrogens is 1. The zero-order chi connectivity index (χ0) is 20.5. The first kappa shape index (κ1) is 21.4. The molecule has 154 valence electrons. The van der Waals surface area contributed by atoms with Crippen molar-refractivity contribution >= 4 is 5.96 Å². The summed E-state index contributed by atoms with van der Waals surface area (Å²) in [6.07, 6.45) is 0. The lowest BCUT2D eigenvalue weighted by Crippen LogP contribution is -2.36. The number of hydrogen-bond donors (Lipinski definition) is 2. The molecule has 2 N–H and O–H groups in total. The first-order valence-electron chi connectivity index (χ1n) is 9.28. The van der Waals surface area contributed by atoms with Crippen molar-refractivity contribution in [3.8, 4) is 17.2 Å². The molecule has 0 amide bonds. The minimum absolute atomic E-state index is 0.333. The quantitative estimate of drug-likeness (QED) is 0.502. The van der Waals surface area contributed by atoms with Crippen molar-refractivity contribution in [3.63, 3.8) is 0 Å². The van der Waals surface area contributed by atoms with Crippen LogP contribution in [0.1, 0.15) is 43.7 Å². The Labute approximate surface area is 166 Å². The van der Waals surface area contributed by atoms with Gasteiger partial charge in [-0.1, -0.05) is 19.0 Å². The summed E-state index contributed by atoms with van der Waals surface area (Å²) in [5, 5.41) is 10.6. The Morgan fingerprint density at radius 3 is 2.25 bits per heavy atom. The van der Waals surface area contributed by atoms with Crippen molar-refractivity contribution in [1.29, 1.82) is 0 Å². The minimum atomic E-state index is 0.333. The number of methoxy groups -OCH3 is 3. The SMILES string of the molecule is CCNC(=NCc1cc(OC)c(OC)c(OC)c1)NCc1cc(C(C)C)no1. The van der Waals surface area contributed by atoms with Crippen LogP contribution in [0.5, 0.6) is 17.2 Å². The van der Waals surface area contributed by atoms with E-state index in [2.05, 4.69) is 34.6 Å². The van der Waals surface area contributed by atoms with Gasteiger partial charge in [-0.05, 0) is 30.5 Å². The molecule has 0 bridgehead atoms. The highest BCUT2D eigenvalue weighted by Gasteiger charge is 2.13. The Morgan fingerprint density at radius 2 is 1.75 bits per heavy atom. The summed E-state index contributed by atoms with van der Waals surface area (Å²) in [4.78, 5) is 4.63. The van der Waals surface area contributed by atoms with E-state index < -0.39 is 0 Å². The number of benzene rings is 1. The molecule has 0 saturated heterocycles. The zero-order valence-corrected chi connectivity index (χ0v) is 17.5. The maximum Gasteiger partial charge on any atom is 0.203 e. The number of rotatable bonds is 9. The second-order valence-corrected chi connectivity index (χ2v) is 6.46. The van der Waals surface area contributed by atoms with Gasteiger partial charge in [0.25, 0.3) is 0 Å². The van der Waals surface area contributed by atoms with Crippen LogP contribution < -0.4 is 24.8 Å². The average molecular weight is 390 g/mol. The van der Waals surface area contributed by atoms with Gasteiger partial charge in [0, 0.05) is 12.6 Å². The molecule has 2 rings (SSSR count). The molecule has 0 aliphatic heterocycles. The van der Waals surface area contributed by atoms with Crippen LogP contribution >= 0.6 is 0 Å².